The van der Waals surface area contributed by atoms with E-state index in [-0.39, 0.29) is 18.6 Å². The second-order valence-corrected chi connectivity index (χ2v) is 7.96. The molecule has 0 spiro atoms. The van der Waals surface area contributed by atoms with Crippen molar-refractivity contribution in [2.24, 2.45) is 17.8 Å². The zero-order valence-electron chi connectivity index (χ0n) is 14.4. The fourth-order valence-electron chi connectivity index (χ4n) is 5.71. The van der Waals surface area contributed by atoms with Crippen molar-refractivity contribution in [3.63, 3.8) is 0 Å². The summed E-state index contributed by atoms with van der Waals surface area (Å²) in [6, 6.07) is 9.64. The van der Waals surface area contributed by atoms with Gasteiger partial charge in [-0.25, -0.2) is 0 Å². The third-order valence-electron chi connectivity index (χ3n) is 7.06. The number of para-hydroxylation sites is 1. The molecular weight excluding hydrogens is 300 g/mol. The van der Waals surface area contributed by atoms with Crippen molar-refractivity contribution in [2.75, 3.05) is 20.3 Å². The van der Waals surface area contributed by atoms with Crippen LogP contribution in [0.15, 0.2) is 24.3 Å². The Labute approximate surface area is 142 Å². The van der Waals surface area contributed by atoms with Gasteiger partial charge in [0.15, 0.2) is 0 Å². The van der Waals surface area contributed by atoms with E-state index in [4.69, 9.17) is 4.74 Å². The maximum atomic E-state index is 9.94. The number of piperidine rings is 1. The maximum absolute atomic E-state index is 9.94. The first-order valence-electron chi connectivity index (χ1n) is 9.23. The molecule has 24 heavy (non-hydrogen) atoms. The number of nitrogens with zero attached hydrogens (tertiary/aromatic N) is 1. The number of fused-ring (bicyclic) bond motifs is 8. The zero-order valence-corrected chi connectivity index (χ0v) is 14.4. The van der Waals surface area contributed by atoms with Gasteiger partial charge in [-0.2, -0.15) is 0 Å². The van der Waals surface area contributed by atoms with Gasteiger partial charge in [-0.05, 0) is 44.4 Å². The highest BCUT2D eigenvalue weighted by Crippen LogP contribution is 2.51. The predicted molar refractivity (Wildman–Crippen MR) is 93.9 cm³/mol. The SMILES string of the molecule is CC1OCC2C(CC3c4[nH]c5ccccc5c4CC2N3C)C1CO. The summed E-state index contributed by atoms with van der Waals surface area (Å²) in [5, 5.41) is 11.3. The second-order valence-electron chi connectivity index (χ2n) is 7.96. The summed E-state index contributed by atoms with van der Waals surface area (Å²) in [5.74, 6) is 1.36. The molecule has 2 N–H and O–H groups in total. The molecule has 2 bridgehead atoms. The maximum Gasteiger partial charge on any atom is 0.0600 e. The molecule has 0 saturated carbocycles. The van der Waals surface area contributed by atoms with E-state index in [9.17, 15) is 5.11 Å². The summed E-state index contributed by atoms with van der Waals surface area (Å²) in [6.45, 7) is 3.20. The van der Waals surface area contributed by atoms with Crippen LogP contribution in [0.5, 0.6) is 0 Å². The van der Waals surface area contributed by atoms with Crippen LogP contribution in [-0.2, 0) is 11.2 Å². The van der Waals surface area contributed by atoms with E-state index in [0.29, 0.717) is 23.9 Å². The number of benzene rings is 1. The highest BCUT2D eigenvalue weighted by molar-refractivity contribution is 5.85. The number of hydrogen-bond donors (Lipinski definition) is 2. The van der Waals surface area contributed by atoms with Crippen LogP contribution in [0, 0.1) is 17.8 Å². The Morgan fingerprint density at radius 3 is 2.96 bits per heavy atom. The van der Waals surface area contributed by atoms with Gasteiger partial charge in [-0.3, -0.25) is 4.90 Å². The Kier molecular flexibility index (Phi) is 3.31. The van der Waals surface area contributed by atoms with Gasteiger partial charge in [0.2, 0.25) is 0 Å². The molecule has 0 radical (unpaired) electrons. The number of H-pyrrole nitrogens is 1. The first kappa shape index (κ1) is 14.9. The molecule has 6 unspecified atom stereocenters. The van der Waals surface area contributed by atoms with Gasteiger partial charge in [-0.1, -0.05) is 18.2 Å². The fourth-order valence-corrected chi connectivity index (χ4v) is 5.71. The van der Waals surface area contributed by atoms with Crippen molar-refractivity contribution in [2.45, 2.75) is 38.0 Å². The first-order valence-corrected chi connectivity index (χ1v) is 9.23. The molecule has 4 nitrogen and oxygen atoms in total. The lowest BCUT2D eigenvalue weighted by Gasteiger charge is -2.55. The van der Waals surface area contributed by atoms with Gasteiger partial charge in [0.1, 0.15) is 0 Å². The topological polar surface area (TPSA) is 48.5 Å². The van der Waals surface area contributed by atoms with E-state index in [1.165, 1.54) is 22.2 Å². The molecule has 2 saturated heterocycles. The van der Waals surface area contributed by atoms with Crippen LogP contribution in [0.4, 0.5) is 0 Å². The number of aliphatic hydroxyl groups is 1. The highest BCUT2D eigenvalue weighted by atomic mass is 16.5. The summed E-state index contributed by atoms with van der Waals surface area (Å²) in [4.78, 5) is 6.27. The molecule has 4 heteroatoms. The molecule has 0 aliphatic carbocycles. The normalized spacial score (nSPS) is 38.8. The van der Waals surface area contributed by atoms with Crippen LogP contribution >= 0.6 is 0 Å². The minimum Gasteiger partial charge on any atom is -0.396 e. The summed E-state index contributed by atoms with van der Waals surface area (Å²) in [6.07, 6.45) is 2.38. The van der Waals surface area contributed by atoms with Gasteiger partial charge in [-0.15, -0.1) is 0 Å². The average molecular weight is 326 g/mol. The molecule has 2 fully saturated rings. The Bertz CT molecular complexity index is 770. The van der Waals surface area contributed by atoms with Gasteiger partial charge in [0, 0.05) is 41.1 Å². The van der Waals surface area contributed by atoms with E-state index in [0.717, 1.165) is 19.4 Å². The number of likely N-dealkylation sites (N-methyl/N-ethyl adjacent to an activating group) is 1. The van der Waals surface area contributed by atoms with Crippen LogP contribution < -0.4 is 0 Å². The van der Waals surface area contributed by atoms with Crippen molar-refractivity contribution in [1.82, 2.24) is 9.88 Å². The summed E-state index contributed by atoms with van der Waals surface area (Å²) >= 11 is 0. The third kappa shape index (κ3) is 1.91. The smallest absolute Gasteiger partial charge is 0.0600 e. The minimum absolute atomic E-state index is 0.169. The van der Waals surface area contributed by atoms with Crippen molar-refractivity contribution in [1.29, 1.82) is 0 Å². The molecular formula is C20H26N2O2. The summed E-state index contributed by atoms with van der Waals surface area (Å²) in [7, 11) is 2.27. The molecule has 6 atom stereocenters. The standard InChI is InChI=1S/C20H26N2O2/c1-11-15(9-23)13-7-19-20-14(12-5-3-4-6-17(12)21-20)8-18(22(19)2)16(13)10-24-11/h3-6,11,13,15-16,18-19,21,23H,7-10H2,1-2H3. The van der Waals surface area contributed by atoms with Crippen LogP contribution in [-0.4, -0.2) is 47.4 Å². The molecule has 3 aliphatic rings. The lowest BCUT2D eigenvalue weighted by molar-refractivity contribution is -0.149. The Morgan fingerprint density at radius 2 is 2.12 bits per heavy atom. The van der Waals surface area contributed by atoms with Gasteiger partial charge >= 0.3 is 0 Å². The second kappa shape index (κ2) is 5.32. The molecule has 2 aromatic rings. The highest BCUT2D eigenvalue weighted by Gasteiger charge is 2.51. The molecule has 5 rings (SSSR count). The minimum atomic E-state index is 0.169. The number of nitrogens with one attached hydrogen (secondary N) is 1. The molecule has 1 aromatic carbocycles. The van der Waals surface area contributed by atoms with E-state index in [2.05, 4.69) is 48.1 Å². The van der Waals surface area contributed by atoms with Crippen LogP contribution in [0.25, 0.3) is 10.9 Å². The molecule has 128 valence electrons. The fraction of sp³-hybridized carbons (Fsp3) is 0.600. The molecule has 1 aromatic heterocycles. The van der Waals surface area contributed by atoms with Crippen molar-refractivity contribution >= 4 is 10.9 Å². The van der Waals surface area contributed by atoms with Crippen molar-refractivity contribution in [3.8, 4) is 0 Å². The number of rotatable bonds is 1. The van der Waals surface area contributed by atoms with E-state index >= 15 is 0 Å². The number of aromatic nitrogens is 1. The number of ether oxygens (including phenoxy) is 1. The van der Waals surface area contributed by atoms with Gasteiger partial charge in [0.05, 0.1) is 18.8 Å². The van der Waals surface area contributed by atoms with E-state index in [1.807, 2.05) is 0 Å². The average Bonchev–Trinajstić information content (AvgIpc) is 2.94. The summed E-state index contributed by atoms with van der Waals surface area (Å²) < 4.78 is 6.05. The number of aromatic amines is 1. The van der Waals surface area contributed by atoms with E-state index in [1.54, 1.807) is 0 Å². The first-order chi connectivity index (χ1) is 11.7. The van der Waals surface area contributed by atoms with Crippen LogP contribution in [0.3, 0.4) is 0 Å². The number of hydrogen-bond acceptors (Lipinski definition) is 3. The molecule has 4 heterocycles. The lowest BCUT2D eigenvalue weighted by Crippen LogP contribution is -2.59. The number of aliphatic hydroxyl groups excluding tert-OH is 1. The Hall–Kier alpha value is -1.36. The Morgan fingerprint density at radius 1 is 1.29 bits per heavy atom. The van der Waals surface area contributed by atoms with Crippen molar-refractivity contribution < 1.29 is 9.84 Å². The van der Waals surface area contributed by atoms with Crippen LogP contribution in [0.1, 0.15) is 30.6 Å². The monoisotopic (exact) mass is 326 g/mol. The van der Waals surface area contributed by atoms with Gasteiger partial charge in [0.25, 0.3) is 0 Å². The van der Waals surface area contributed by atoms with E-state index < -0.39 is 0 Å². The largest absolute Gasteiger partial charge is 0.396 e. The van der Waals surface area contributed by atoms with Crippen molar-refractivity contribution in [3.05, 3.63) is 35.5 Å². The predicted octanol–water partition coefficient (Wildman–Crippen LogP) is 2.73. The zero-order chi connectivity index (χ0) is 16.4. The third-order valence-corrected chi connectivity index (χ3v) is 7.06. The molecule has 3 aliphatic heterocycles. The lowest BCUT2D eigenvalue weighted by atomic mass is 9.64. The quantitative estimate of drug-likeness (QED) is 0.847. The van der Waals surface area contributed by atoms with Gasteiger partial charge < -0.3 is 14.8 Å². The summed E-state index contributed by atoms with van der Waals surface area (Å²) in [5.41, 5.74) is 4.18. The molecule has 0 amide bonds. The Balaban J connectivity index is 1.61. The van der Waals surface area contributed by atoms with Crippen LogP contribution in [0.2, 0.25) is 0 Å².